The third-order valence-corrected chi connectivity index (χ3v) is 4.86. The summed E-state index contributed by atoms with van der Waals surface area (Å²) < 4.78 is 4.59. The van der Waals surface area contributed by atoms with Crippen molar-refractivity contribution in [3.63, 3.8) is 0 Å². The number of fused-ring (bicyclic) bond motifs is 1. The number of carboxylic acid groups (broad SMARTS) is 1. The minimum Gasteiger partial charge on any atom is -0.449 e. The number of hydrogen-bond acceptors (Lipinski definition) is 6. The van der Waals surface area contributed by atoms with Crippen LogP contribution in [0, 0.1) is 0 Å². The van der Waals surface area contributed by atoms with Gasteiger partial charge in [0.05, 0.1) is 0 Å². The molecule has 3 heterocycles. The number of hydrogen-bond donors (Lipinski definition) is 2. The average molecular weight is 366 g/mol. The summed E-state index contributed by atoms with van der Waals surface area (Å²) in [5.74, 6) is 0.791. The number of anilines is 1. The molecule has 1 aliphatic heterocycles. The third kappa shape index (κ3) is 3.59. The minimum atomic E-state index is -1.41. The van der Waals surface area contributed by atoms with Crippen LogP contribution in [0.25, 0.3) is 10.9 Å². The molecule has 1 aromatic carbocycles. The highest BCUT2D eigenvalue weighted by Gasteiger charge is 2.24. The van der Waals surface area contributed by atoms with Gasteiger partial charge < -0.3 is 19.7 Å². The van der Waals surface area contributed by atoms with Gasteiger partial charge in [0, 0.05) is 30.2 Å². The molecule has 1 fully saturated rings. The van der Waals surface area contributed by atoms with Gasteiger partial charge in [0.25, 0.3) is 5.56 Å². The van der Waals surface area contributed by atoms with Crippen LogP contribution in [0.3, 0.4) is 0 Å². The second-order valence-electron chi connectivity index (χ2n) is 6.48. The highest BCUT2D eigenvalue weighted by Crippen LogP contribution is 2.29. The first kappa shape index (κ1) is 17.0. The predicted molar refractivity (Wildman–Crippen MR) is 99.4 cm³/mol. The minimum absolute atomic E-state index is 0.000553. The number of pyridine rings is 1. The number of carbonyl (C=O) groups is 1. The summed E-state index contributed by atoms with van der Waals surface area (Å²) in [6.45, 7) is 1.42. The Labute approximate surface area is 154 Å². The van der Waals surface area contributed by atoms with E-state index in [0.29, 0.717) is 18.9 Å². The summed E-state index contributed by atoms with van der Waals surface area (Å²) in [6, 6.07) is 11.2. The number of H-pyrrole nitrogens is 1. The van der Waals surface area contributed by atoms with Gasteiger partial charge in [-0.25, -0.2) is 14.8 Å². The molecule has 138 valence electrons. The Hall–Kier alpha value is -3.42. The van der Waals surface area contributed by atoms with Gasteiger partial charge in [-0.2, -0.15) is 0 Å². The van der Waals surface area contributed by atoms with E-state index < -0.39 is 6.16 Å². The number of nitrogens with zero attached hydrogens (tertiary/aromatic N) is 3. The number of benzene rings is 1. The number of rotatable bonds is 3. The summed E-state index contributed by atoms with van der Waals surface area (Å²) >= 11 is 0. The van der Waals surface area contributed by atoms with Crippen LogP contribution in [0.1, 0.15) is 24.3 Å². The fourth-order valence-corrected chi connectivity index (χ4v) is 3.54. The Balaban J connectivity index is 1.50. The lowest BCUT2D eigenvalue weighted by Gasteiger charge is -2.32. The SMILES string of the molecule is O=C(O)Oc1cc(N2CCC(c3cc4ccccc4[nH]c3=O)CC2)ncn1. The van der Waals surface area contributed by atoms with E-state index >= 15 is 0 Å². The molecule has 3 aromatic rings. The van der Waals surface area contributed by atoms with Crippen LogP contribution >= 0.6 is 0 Å². The monoisotopic (exact) mass is 366 g/mol. The van der Waals surface area contributed by atoms with Crippen LogP contribution in [-0.2, 0) is 0 Å². The van der Waals surface area contributed by atoms with Gasteiger partial charge in [-0.1, -0.05) is 18.2 Å². The Morgan fingerprint density at radius 1 is 1.19 bits per heavy atom. The topological polar surface area (TPSA) is 108 Å². The maximum absolute atomic E-state index is 12.5. The largest absolute Gasteiger partial charge is 0.512 e. The zero-order chi connectivity index (χ0) is 18.8. The molecule has 0 saturated carbocycles. The van der Waals surface area contributed by atoms with Crippen molar-refractivity contribution in [1.82, 2.24) is 15.0 Å². The standard InChI is InChI=1S/C19H18N4O4/c24-18-14(9-13-3-1-2-4-15(13)22-18)12-5-7-23(8-6-12)16-10-17(21-11-20-16)27-19(25)26/h1-4,9-12H,5-8H2,(H,22,24)(H,25,26). The first-order valence-corrected chi connectivity index (χ1v) is 8.70. The molecule has 1 aliphatic rings. The van der Waals surface area contributed by atoms with Crippen LogP contribution in [0.5, 0.6) is 5.88 Å². The average Bonchev–Trinajstić information content (AvgIpc) is 2.67. The van der Waals surface area contributed by atoms with E-state index in [-0.39, 0.29) is 17.4 Å². The molecule has 0 radical (unpaired) electrons. The maximum Gasteiger partial charge on any atom is 0.512 e. The first-order valence-electron chi connectivity index (χ1n) is 8.70. The van der Waals surface area contributed by atoms with E-state index in [4.69, 9.17) is 5.11 Å². The third-order valence-electron chi connectivity index (χ3n) is 4.86. The van der Waals surface area contributed by atoms with E-state index in [1.807, 2.05) is 35.2 Å². The first-order chi connectivity index (χ1) is 13.1. The normalized spacial score (nSPS) is 15.0. The lowest BCUT2D eigenvalue weighted by atomic mass is 9.89. The van der Waals surface area contributed by atoms with Gasteiger partial charge in [0.15, 0.2) is 0 Å². The maximum atomic E-state index is 12.5. The number of piperidine rings is 1. The molecule has 8 nitrogen and oxygen atoms in total. The molecule has 4 rings (SSSR count). The molecule has 8 heteroatoms. The molecule has 0 atom stereocenters. The molecule has 27 heavy (non-hydrogen) atoms. The Bertz CT molecular complexity index is 1040. The van der Waals surface area contributed by atoms with Gasteiger partial charge in [0.1, 0.15) is 12.1 Å². The number of ether oxygens (including phenoxy) is 1. The number of nitrogens with one attached hydrogen (secondary N) is 1. The van der Waals surface area contributed by atoms with E-state index in [2.05, 4.69) is 19.7 Å². The van der Waals surface area contributed by atoms with Crippen molar-refractivity contribution >= 4 is 22.9 Å². The van der Waals surface area contributed by atoms with Crippen molar-refractivity contribution in [1.29, 1.82) is 0 Å². The fourth-order valence-electron chi connectivity index (χ4n) is 3.54. The van der Waals surface area contributed by atoms with E-state index in [9.17, 15) is 9.59 Å². The van der Waals surface area contributed by atoms with Gasteiger partial charge in [-0.15, -0.1) is 0 Å². The predicted octanol–water partition coefficient (Wildman–Crippen LogP) is 2.76. The summed E-state index contributed by atoms with van der Waals surface area (Å²) in [4.78, 5) is 36.1. The lowest BCUT2D eigenvalue weighted by molar-refractivity contribution is 0.142. The van der Waals surface area contributed by atoms with Crippen LogP contribution in [0.15, 0.2) is 47.5 Å². The molecule has 0 unspecified atom stereocenters. The van der Waals surface area contributed by atoms with E-state index in [1.165, 1.54) is 12.4 Å². The van der Waals surface area contributed by atoms with Crippen molar-refractivity contribution in [2.75, 3.05) is 18.0 Å². The molecule has 0 bridgehead atoms. The molecular weight excluding hydrogens is 348 g/mol. The lowest BCUT2D eigenvalue weighted by Crippen LogP contribution is -2.35. The van der Waals surface area contributed by atoms with Crippen LogP contribution in [0.2, 0.25) is 0 Å². The van der Waals surface area contributed by atoms with E-state index in [1.54, 1.807) is 0 Å². The number of aromatic nitrogens is 3. The highest BCUT2D eigenvalue weighted by atomic mass is 16.7. The van der Waals surface area contributed by atoms with E-state index in [0.717, 1.165) is 29.3 Å². The summed E-state index contributed by atoms with van der Waals surface area (Å²) in [5, 5.41) is 9.73. The summed E-state index contributed by atoms with van der Waals surface area (Å²) in [5.41, 5.74) is 1.62. The number of para-hydroxylation sites is 1. The van der Waals surface area contributed by atoms with Crippen molar-refractivity contribution in [3.05, 3.63) is 58.6 Å². The summed E-state index contributed by atoms with van der Waals surface area (Å²) in [6.07, 6.45) is 1.49. The second-order valence-corrected chi connectivity index (χ2v) is 6.48. The smallest absolute Gasteiger partial charge is 0.449 e. The molecule has 0 amide bonds. The fraction of sp³-hybridized carbons (Fsp3) is 0.263. The van der Waals surface area contributed by atoms with Crippen LogP contribution < -0.4 is 15.2 Å². The molecular formula is C19H18N4O4. The van der Waals surface area contributed by atoms with Crippen LogP contribution in [0.4, 0.5) is 10.6 Å². The molecule has 0 spiro atoms. The number of aromatic amines is 1. The van der Waals surface area contributed by atoms with Crippen molar-refractivity contribution in [2.24, 2.45) is 0 Å². The molecule has 0 aliphatic carbocycles. The Morgan fingerprint density at radius 3 is 2.74 bits per heavy atom. The Kier molecular flexibility index (Phi) is 4.45. The summed E-state index contributed by atoms with van der Waals surface area (Å²) in [7, 11) is 0. The zero-order valence-electron chi connectivity index (χ0n) is 14.5. The zero-order valence-corrected chi connectivity index (χ0v) is 14.5. The van der Waals surface area contributed by atoms with Gasteiger partial charge in [-0.05, 0) is 36.3 Å². The van der Waals surface area contributed by atoms with Gasteiger partial charge in [0.2, 0.25) is 5.88 Å². The second kappa shape index (κ2) is 7.06. The van der Waals surface area contributed by atoms with Crippen molar-refractivity contribution < 1.29 is 14.6 Å². The Morgan fingerprint density at radius 2 is 1.96 bits per heavy atom. The van der Waals surface area contributed by atoms with Gasteiger partial charge in [-0.3, -0.25) is 4.79 Å². The molecule has 2 aromatic heterocycles. The molecule has 1 saturated heterocycles. The van der Waals surface area contributed by atoms with Gasteiger partial charge >= 0.3 is 6.16 Å². The molecule has 2 N–H and O–H groups in total. The quantitative estimate of drug-likeness (QED) is 0.686. The van der Waals surface area contributed by atoms with Crippen molar-refractivity contribution in [3.8, 4) is 5.88 Å². The van der Waals surface area contributed by atoms with Crippen LogP contribution in [-0.4, -0.2) is 39.3 Å². The highest BCUT2D eigenvalue weighted by molar-refractivity contribution is 5.78. The van der Waals surface area contributed by atoms with Crippen molar-refractivity contribution in [2.45, 2.75) is 18.8 Å².